The highest BCUT2D eigenvalue weighted by atomic mass is 35.5. The SMILES string of the molecule is NC(=O)c1ccc(Cl)cc1-n1cc(Cl)c(N)n1. The van der Waals surface area contributed by atoms with E-state index in [2.05, 4.69) is 5.10 Å². The second-order valence-electron chi connectivity index (χ2n) is 3.33. The molecule has 2 aromatic rings. The minimum atomic E-state index is -0.582. The topological polar surface area (TPSA) is 86.9 Å². The molecule has 0 bridgehead atoms. The van der Waals surface area contributed by atoms with Gasteiger partial charge < -0.3 is 11.5 Å². The van der Waals surface area contributed by atoms with Crippen LogP contribution in [0.15, 0.2) is 24.4 Å². The number of hydrogen-bond acceptors (Lipinski definition) is 3. The fourth-order valence-corrected chi connectivity index (χ4v) is 1.69. The predicted octanol–water partition coefficient (Wildman–Crippen LogP) is 1.86. The van der Waals surface area contributed by atoms with Gasteiger partial charge >= 0.3 is 0 Å². The van der Waals surface area contributed by atoms with Crippen molar-refractivity contribution in [2.45, 2.75) is 0 Å². The van der Waals surface area contributed by atoms with Crippen molar-refractivity contribution in [3.05, 3.63) is 40.0 Å². The largest absolute Gasteiger partial charge is 0.381 e. The van der Waals surface area contributed by atoms with Crippen LogP contribution in [-0.2, 0) is 0 Å². The average molecular weight is 271 g/mol. The molecule has 0 atom stereocenters. The smallest absolute Gasteiger partial charge is 0.250 e. The van der Waals surface area contributed by atoms with Gasteiger partial charge in [0.1, 0.15) is 5.02 Å². The maximum atomic E-state index is 11.3. The van der Waals surface area contributed by atoms with Gasteiger partial charge in [-0.05, 0) is 18.2 Å². The van der Waals surface area contributed by atoms with Gasteiger partial charge in [-0.15, -0.1) is 5.10 Å². The van der Waals surface area contributed by atoms with E-state index in [1.54, 1.807) is 12.1 Å². The number of rotatable bonds is 2. The molecule has 1 aromatic carbocycles. The lowest BCUT2D eigenvalue weighted by molar-refractivity contribution is 0.1000. The summed E-state index contributed by atoms with van der Waals surface area (Å²) in [4.78, 5) is 11.3. The molecule has 88 valence electrons. The summed E-state index contributed by atoms with van der Waals surface area (Å²) in [5, 5.41) is 4.71. The summed E-state index contributed by atoms with van der Waals surface area (Å²) in [5.74, 6) is -0.413. The summed E-state index contributed by atoms with van der Waals surface area (Å²) >= 11 is 11.7. The number of benzene rings is 1. The van der Waals surface area contributed by atoms with Gasteiger partial charge in [0.15, 0.2) is 5.82 Å². The maximum Gasteiger partial charge on any atom is 0.250 e. The van der Waals surface area contributed by atoms with Crippen molar-refractivity contribution in [2.75, 3.05) is 5.73 Å². The summed E-state index contributed by atoms with van der Waals surface area (Å²) in [7, 11) is 0. The number of halogens is 2. The van der Waals surface area contributed by atoms with Crippen LogP contribution in [0, 0.1) is 0 Å². The number of carbonyl (C=O) groups excluding carboxylic acids is 1. The van der Waals surface area contributed by atoms with Gasteiger partial charge in [-0.3, -0.25) is 4.79 Å². The van der Waals surface area contributed by atoms with Gasteiger partial charge in [-0.25, -0.2) is 4.68 Å². The van der Waals surface area contributed by atoms with Crippen LogP contribution < -0.4 is 11.5 Å². The zero-order valence-electron chi connectivity index (χ0n) is 8.52. The van der Waals surface area contributed by atoms with Crippen molar-refractivity contribution in [1.29, 1.82) is 0 Å². The number of nitrogens with zero attached hydrogens (tertiary/aromatic N) is 2. The third kappa shape index (κ3) is 2.20. The van der Waals surface area contributed by atoms with Gasteiger partial charge in [0.05, 0.1) is 17.4 Å². The van der Waals surface area contributed by atoms with Gasteiger partial charge in [-0.1, -0.05) is 23.2 Å². The summed E-state index contributed by atoms with van der Waals surface area (Å²) in [6, 6.07) is 4.65. The normalized spacial score (nSPS) is 10.5. The van der Waals surface area contributed by atoms with Gasteiger partial charge in [-0.2, -0.15) is 0 Å². The molecular formula is C10H8Cl2N4O. The highest BCUT2D eigenvalue weighted by Crippen LogP contribution is 2.23. The number of anilines is 1. The summed E-state index contributed by atoms with van der Waals surface area (Å²) in [6.07, 6.45) is 1.48. The highest BCUT2D eigenvalue weighted by molar-refractivity contribution is 6.32. The molecule has 1 aromatic heterocycles. The van der Waals surface area contributed by atoms with Gasteiger partial charge in [0.25, 0.3) is 5.91 Å². The van der Waals surface area contributed by atoms with E-state index in [1.807, 2.05) is 0 Å². The lowest BCUT2D eigenvalue weighted by Crippen LogP contribution is -2.15. The van der Waals surface area contributed by atoms with E-state index < -0.39 is 5.91 Å². The molecule has 0 aliphatic heterocycles. The van der Waals surface area contributed by atoms with Gasteiger partial charge in [0.2, 0.25) is 0 Å². The van der Waals surface area contributed by atoms with E-state index in [1.165, 1.54) is 16.9 Å². The number of nitrogens with two attached hydrogens (primary N) is 2. The van der Waals surface area contributed by atoms with Crippen LogP contribution in [0.1, 0.15) is 10.4 Å². The van der Waals surface area contributed by atoms with Crippen molar-refractivity contribution in [2.24, 2.45) is 5.73 Å². The van der Waals surface area contributed by atoms with E-state index in [-0.39, 0.29) is 11.4 Å². The molecule has 4 N–H and O–H groups in total. The molecular weight excluding hydrogens is 263 g/mol. The number of carbonyl (C=O) groups is 1. The minimum absolute atomic E-state index is 0.169. The maximum absolute atomic E-state index is 11.3. The minimum Gasteiger partial charge on any atom is -0.381 e. The zero-order valence-corrected chi connectivity index (χ0v) is 10.0. The molecule has 7 heteroatoms. The van der Waals surface area contributed by atoms with Crippen LogP contribution in [0.25, 0.3) is 5.69 Å². The molecule has 0 fully saturated rings. The molecule has 0 spiro atoms. The van der Waals surface area contributed by atoms with E-state index in [4.69, 9.17) is 34.7 Å². The molecule has 1 amide bonds. The van der Waals surface area contributed by atoms with E-state index in [9.17, 15) is 4.79 Å². The summed E-state index contributed by atoms with van der Waals surface area (Å²) < 4.78 is 1.36. The molecule has 5 nitrogen and oxygen atoms in total. The Balaban J connectivity index is 2.64. The fraction of sp³-hybridized carbons (Fsp3) is 0. The first kappa shape index (κ1) is 11.8. The lowest BCUT2D eigenvalue weighted by atomic mass is 10.1. The second kappa shape index (κ2) is 4.27. The Morgan fingerprint density at radius 3 is 2.59 bits per heavy atom. The third-order valence-electron chi connectivity index (χ3n) is 2.17. The number of primary amides is 1. The monoisotopic (exact) mass is 270 g/mol. The Kier molecular flexibility index (Phi) is 2.95. The molecule has 17 heavy (non-hydrogen) atoms. The molecule has 1 heterocycles. The van der Waals surface area contributed by atoms with E-state index in [0.29, 0.717) is 15.7 Å². The van der Waals surface area contributed by atoms with Crippen LogP contribution >= 0.6 is 23.2 Å². The van der Waals surface area contributed by atoms with Crippen LogP contribution in [0.4, 0.5) is 5.82 Å². The molecule has 2 rings (SSSR count). The molecule has 0 saturated heterocycles. The third-order valence-corrected chi connectivity index (χ3v) is 2.69. The Bertz CT molecular complexity index is 574. The first-order valence-electron chi connectivity index (χ1n) is 4.59. The van der Waals surface area contributed by atoms with Crippen molar-refractivity contribution in [1.82, 2.24) is 9.78 Å². The van der Waals surface area contributed by atoms with Crippen molar-refractivity contribution in [3.63, 3.8) is 0 Å². The average Bonchev–Trinajstić information content (AvgIpc) is 2.58. The van der Waals surface area contributed by atoms with Crippen LogP contribution in [-0.4, -0.2) is 15.7 Å². The first-order valence-corrected chi connectivity index (χ1v) is 5.35. The Labute approximate surface area is 107 Å². The molecule has 0 aliphatic rings. The first-order chi connectivity index (χ1) is 7.99. The molecule has 0 unspecified atom stereocenters. The summed E-state index contributed by atoms with van der Waals surface area (Å²) in [5.41, 5.74) is 11.5. The fourth-order valence-electron chi connectivity index (χ4n) is 1.39. The van der Waals surface area contributed by atoms with E-state index >= 15 is 0 Å². The number of nitrogen functional groups attached to an aromatic ring is 1. The molecule has 0 saturated carbocycles. The zero-order chi connectivity index (χ0) is 12.6. The van der Waals surface area contributed by atoms with Crippen LogP contribution in [0.5, 0.6) is 0 Å². The lowest BCUT2D eigenvalue weighted by Gasteiger charge is -2.06. The van der Waals surface area contributed by atoms with Crippen molar-refractivity contribution >= 4 is 34.9 Å². The molecule has 0 aliphatic carbocycles. The molecule has 0 radical (unpaired) electrons. The standard InChI is InChI=1S/C10H8Cl2N4O/c11-5-1-2-6(10(14)17)8(3-5)16-4-7(12)9(13)15-16/h1-4H,(H2,13,15)(H2,14,17). The second-order valence-corrected chi connectivity index (χ2v) is 4.18. The number of hydrogen-bond donors (Lipinski definition) is 2. The predicted molar refractivity (Wildman–Crippen MR) is 66.5 cm³/mol. The summed E-state index contributed by atoms with van der Waals surface area (Å²) in [6.45, 7) is 0. The van der Waals surface area contributed by atoms with E-state index in [0.717, 1.165) is 0 Å². The number of amides is 1. The van der Waals surface area contributed by atoms with Gasteiger partial charge in [0, 0.05) is 5.02 Å². The Morgan fingerprint density at radius 1 is 1.35 bits per heavy atom. The quantitative estimate of drug-likeness (QED) is 0.873. The Morgan fingerprint density at radius 2 is 2.06 bits per heavy atom. The van der Waals surface area contributed by atoms with Crippen molar-refractivity contribution in [3.8, 4) is 5.69 Å². The van der Waals surface area contributed by atoms with Crippen molar-refractivity contribution < 1.29 is 4.79 Å². The highest BCUT2D eigenvalue weighted by Gasteiger charge is 2.13. The number of aromatic nitrogens is 2. The Hall–Kier alpha value is -1.72. The van der Waals surface area contributed by atoms with Crippen LogP contribution in [0.2, 0.25) is 10.0 Å². The van der Waals surface area contributed by atoms with Crippen LogP contribution in [0.3, 0.4) is 0 Å².